The summed E-state index contributed by atoms with van der Waals surface area (Å²) in [5.74, 6) is -1.45. The highest BCUT2D eigenvalue weighted by Gasteiger charge is 2.29. The fourth-order valence-corrected chi connectivity index (χ4v) is 0.297. The predicted molar refractivity (Wildman–Crippen MR) is 28.5 cm³/mol. The Kier molecular flexibility index (Phi) is 3.30. The minimum Gasteiger partial charge on any atom is -0.459 e. The largest absolute Gasteiger partial charge is 0.459 e. The van der Waals surface area contributed by atoms with E-state index in [4.69, 9.17) is 0 Å². The van der Waals surface area contributed by atoms with Crippen molar-refractivity contribution in [3.8, 4) is 0 Å². The summed E-state index contributed by atoms with van der Waals surface area (Å²) in [5.41, 5.74) is 0. The Morgan fingerprint density at radius 3 is 2.70 bits per heavy atom. The van der Waals surface area contributed by atoms with Crippen molar-refractivity contribution in [3.63, 3.8) is 0 Å². The number of carbonyl (C=O) groups excluding carboxylic acids is 1. The van der Waals surface area contributed by atoms with Gasteiger partial charge in [-0.15, -0.1) is 0 Å². The van der Waals surface area contributed by atoms with Crippen molar-refractivity contribution >= 4 is 5.97 Å². The van der Waals surface area contributed by atoms with Gasteiger partial charge in [-0.2, -0.15) is 4.39 Å². The first kappa shape index (κ1) is 8.80. The Balaban J connectivity index is 3.82. The van der Waals surface area contributed by atoms with E-state index in [1.807, 2.05) is 0 Å². The number of esters is 1. The second kappa shape index (κ2) is 3.76. The van der Waals surface area contributed by atoms with Gasteiger partial charge in [0.25, 0.3) is 0 Å². The van der Waals surface area contributed by atoms with Gasteiger partial charge in [0, 0.05) is 0 Å². The lowest BCUT2D eigenvalue weighted by atomic mass is 10.6. The lowest BCUT2D eigenvalue weighted by Crippen LogP contribution is -2.26. The zero-order valence-corrected chi connectivity index (χ0v) is 5.24. The Labute approximate surface area is 55.9 Å². The lowest BCUT2D eigenvalue weighted by Gasteiger charge is -1.98. The summed E-state index contributed by atoms with van der Waals surface area (Å²) in [6.07, 6.45) is -2.75. The van der Waals surface area contributed by atoms with Crippen LogP contribution in [0.4, 0.5) is 4.39 Å². The second-order valence-electron chi connectivity index (χ2n) is 1.37. The molecular weight excluding hydrogens is 145 g/mol. The van der Waals surface area contributed by atoms with E-state index in [-0.39, 0.29) is 6.61 Å². The van der Waals surface area contributed by atoms with Gasteiger partial charge in [-0.1, -0.05) is 0 Å². The second-order valence-corrected chi connectivity index (χ2v) is 1.37. The third kappa shape index (κ3) is 2.38. The number of halogens is 1. The van der Waals surface area contributed by atoms with Gasteiger partial charge < -0.3 is 4.74 Å². The van der Waals surface area contributed by atoms with Gasteiger partial charge in [-0.05, 0) is 6.92 Å². The van der Waals surface area contributed by atoms with Crippen molar-refractivity contribution in [1.82, 2.24) is 0 Å². The molecule has 0 aromatic heterocycles. The van der Waals surface area contributed by atoms with E-state index >= 15 is 0 Å². The van der Waals surface area contributed by atoms with E-state index in [0.29, 0.717) is 0 Å². The zero-order valence-electron chi connectivity index (χ0n) is 5.24. The third-order valence-corrected chi connectivity index (χ3v) is 0.666. The molecule has 1 atom stereocenters. The average Bonchev–Trinajstić information content (AvgIpc) is 1.87. The topological polar surface area (TPSA) is 69.4 Å². The highest BCUT2D eigenvalue weighted by Crippen LogP contribution is 1.94. The summed E-state index contributed by atoms with van der Waals surface area (Å²) in [4.78, 5) is 18.3. The molecule has 58 valence electrons. The van der Waals surface area contributed by atoms with Crippen molar-refractivity contribution in [1.29, 1.82) is 0 Å². The van der Waals surface area contributed by atoms with Crippen LogP contribution in [-0.2, 0) is 9.53 Å². The van der Waals surface area contributed by atoms with Gasteiger partial charge in [0.2, 0.25) is 0 Å². The molecule has 0 saturated heterocycles. The van der Waals surface area contributed by atoms with Gasteiger partial charge in [-0.3, -0.25) is 10.1 Å². The Morgan fingerprint density at radius 1 is 1.90 bits per heavy atom. The molecule has 0 aromatic carbocycles. The van der Waals surface area contributed by atoms with Crippen LogP contribution in [0, 0.1) is 10.1 Å². The number of ether oxygens (including phenoxy) is 1. The monoisotopic (exact) mass is 151 g/mol. The van der Waals surface area contributed by atoms with Crippen LogP contribution in [0.5, 0.6) is 0 Å². The van der Waals surface area contributed by atoms with Crippen LogP contribution in [0.1, 0.15) is 6.92 Å². The van der Waals surface area contributed by atoms with Crippen LogP contribution in [-0.4, -0.2) is 23.8 Å². The molecule has 0 heterocycles. The average molecular weight is 151 g/mol. The van der Waals surface area contributed by atoms with E-state index in [9.17, 15) is 19.3 Å². The molecule has 0 aliphatic carbocycles. The molecule has 0 aliphatic rings. The molecule has 6 heteroatoms. The molecule has 0 aromatic rings. The van der Waals surface area contributed by atoms with E-state index in [0.717, 1.165) is 0 Å². The summed E-state index contributed by atoms with van der Waals surface area (Å²) in [5, 5.41) is 9.55. The highest BCUT2D eigenvalue weighted by atomic mass is 19.1. The number of rotatable bonds is 3. The van der Waals surface area contributed by atoms with Crippen LogP contribution in [0.2, 0.25) is 0 Å². The number of carbonyl (C=O) groups is 1. The molecule has 0 saturated carbocycles. The summed E-state index contributed by atoms with van der Waals surface area (Å²) in [7, 11) is 0. The molecule has 0 aliphatic heterocycles. The quantitative estimate of drug-likeness (QED) is 0.248. The number of hydrogen-bond donors (Lipinski definition) is 0. The molecule has 0 amide bonds. The van der Waals surface area contributed by atoms with E-state index in [1.165, 1.54) is 6.92 Å². The first-order chi connectivity index (χ1) is 4.59. The fourth-order valence-electron chi connectivity index (χ4n) is 0.297. The number of nitrogens with zero attached hydrogens (tertiary/aromatic N) is 1. The Bertz CT molecular complexity index is 148. The molecule has 0 radical (unpaired) electrons. The van der Waals surface area contributed by atoms with Crippen LogP contribution in [0.3, 0.4) is 0 Å². The third-order valence-electron chi connectivity index (χ3n) is 0.666. The van der Waals surface area contributed by atoms with E-state index in [1.54, 1.807) is 0 Å². The maximum absolute atomic E-state index is 11.9. The van der Waals surface area contributed by atoms with Gasteiger partial charge >= 0.3 is 12.3 Å². The van der Waals surface area contributed by atoms with Crippen molar-refractivity contribution in [2.75, 3.05) is 6.61 Å². The Morgan fingerprint density at radius 2 is 2.40 bits per heavy atom. The highest BCUT2D eigenvalue weighted by molar-refractivity contribution is 5.72. The van der Waals surface area contributed by atoms with Gasteiger partial charge in [0.15, 0.2) is 0 Å². The fraction of sp³-hybridized carbons (Fsp3) is 0.750. The Hall–Kier alpha value is -1.20. The molecule has 0 N–H and O–H groups in total. The molecule has 0 spiro atoms. The number of hydrogen-bond acceptors (Lipinski definition) is 4. The van der Waals surface area contributed by atoms with Crippen LogP contribution in [0.15, 0.2) is 0 Å². The minimum atomic E-state index is -2.75. The SMILES string of the molecule is CCOC(=O)[C@H](F)[N+](=O)[O-]. The van der Waals surface area contributed by atoms with Crippen molar-refractivity contribution < 1.29 is 18.8 Å². The van der Waals surface area contributed by atoms with Gasteiger partial charge in [0.05, 0.1) is 11.5 Å². The molecule has 0 fully saturated rings. The first-order valence-electron chi connectivity index (χ1n) is 2.53. The van der Waals surface area contributed by atoms with Gasteiger partial charge in [0.1, 0.15) is 0 Å². The number of nitro groups is 1. The van der Waals surface area contributed by atoms with E-state index < -0.39 is 17.2 Å². The summed E-state index contributed by atoms with van der Waals surface area (Å²) in [6.45, 7) is 1.37. The zero-order chi connectivity index (χ0) is 8.15. The summed E-state index contributed by atoms with van der Waals surface area (Å²) < 4.78 is 15.9. The van der Waals surface area contributed by atoms with E-state index in [2.05, 4.69) is 4.74 Å². The lowest BCUT2D eigenvalue weighted by molar-refractivity contribution is -0.539. The number of alkyl halides is 1. The molecule has 0 rings (SSSR count). The standard InChI is InChI=1S/C4H6FNO4/c1-2-10-4(7)3(5)6(8)9/h3H,2H2,1H3/t3-/m1/s1. The smallest absolute Gasteiger partial charge is 0.445 e. The van der Waals surface area contributed by atoms with Crippen LogP contribution >= 0.6 is 0 Å². The van der Waals surface area contributed by atoms with Crippen LogP contribution in [0.25, 0.3) is 0 Å². The van der Waals surface area contributed by atoms with Crippen LogP contribution < -0.4 is 0 Å². The maximum Gasteiger partial charge on any atom is 0.445 e. The normalized spacial score (nSPS) is 12.2. The molecular formula is C4H6FNO4. The van der Waals surface area contributed by atoms with Crippen molar-refractivity contribution in [2.24, 2.45) is 0 Å². The summed E-state index contributed by atoms with van der Waals surface area (Å²) in [6, 6.07) is 0. The molecule has 5 nitrogen and oxygen atoms in total. The van der Waals surface area contributed by atoms with Crippen molar-refractivity contribution in [2.45, 2.75) is 13.2 Å². The predicted octanol–water partition coefficient (Wildman–Crippen LogP) is 0.122. The molecule has 0 unspecified atom stereocenters. The van der Waals surface area contributed by atoms with Crippen molar-refractivity contribution in [3.05, 3.63) is 10.1 Å². The summed E-state index contributed by atoms with van der Waals surface area (Å²) >= 11 is 0. The van der Waals surface area contributed by atoms with Gasteiger partial charge in [-0.25, -0.2) is 4.79 Å². The molecule has 10 heavy (non-hydrogen) atoms. The maximum atomic E-state index is 11.9. The minimum absolute atomic E-state index is 0.0624. The first-order valence-corrected chi connectivity index (χ1v) is 2.53. The molecule has 0 bridgehead atoms.